The summed E-state index contributed by atoms with van der Waals surface area (Å²) in [5.74, 6) is -1.21. The summed E-state index contributed by atoms with van der Waals surface area (Å²) in [6, 6.07) is 9.58. The molecule has 0 spiro atoms. The molecule has 0 saturated heterocycles. The number of benzene rings is 1. The van der Waals surface area contributed by atoms with Crippen molar-refractivity contribution >= 4 is 17.6 Å². The summed E-state index contributed by atoms with van der Waals surface area (Å²) in [4.78, 5) is 22.8. The van der Waals surface area contributed by atoms with Gasteiger partial charge < -0.3 is 19.6 Å². The van der Waals surface area contributed by atoms with Crippen LogP contribution in [0.25, 0.3) is 0 Å². The Labute approximate surface area is 127 Å². The summed E-state index contributed by atoms with van der Waals surface area (Å²) in [7, 11) is 0. The molecule has 6 heteroatoms. The molecule has 22 heavy (non-hydrogen) atoms. The molecule has 0 aliphatic carbocycles. The highest BCUT2D eigenvalue weighted by Crippen LogP contribution is 2.25. The van der Waals surface area contributed by atoms with Gasteiger partial charge >= 0.3 is 5.97 Å². The summed E-state index contributed by atoms with van der Waals surface area (Å²) in [6.07, 6.45) is 0. The predicted molar refractivity (Wildman–Crippen MR) is 80.4 cm³/mol. The molecule has 1 aromatic carbocycles. The maximum Gasteiger partial charge on any atom is 0.371 e. The van der Waals surface area contributed by atoms with Crippen LogP contribution >= 0.6 is 0 Å². The first kappa shape index (κ1) is 15.6. The molecule has 0 aliphatic heterocycles. The van der Waals surface area contributed by atoms with Gasteiger partial charge in [0.2, 0.25) is 5.76 Å². The van der Waals surface area contributed by atoms with Gasteiger partial charge in [0.1, 0.15) is 5.75 Å². The summed E-state index contributed by atoms with van der Waals surface area (Å²) in [5.41, 5.74) is 0.501. The fourth-order valence-electron chi connectivity index (χ4n) is 1.71. The topological polar surface area (TPSA) is 88.8 Å². The zero-order chi connectivity index (χ0) is 16.1. The van der Waals surface area contributed by atoms with Crippen molar-refractivity contribution in [2.24, 2.45) is 5.92 Å². The van der Waals surface area contributed by atoms with E-state index in [1.165, 1.54) is 12.1 Å². The lowest BCUT2D eigenvalue weighted by atomic mass is 10.2. The average Bonchev–Trinajstić information content (AvgIpc) is 2.96. The lowest BCUT2D eigenvalue weighted by Crippen LogP contribution is -2.13. The molecule has 0 saturated carbocycles. The van der Waals surface area contributed by atoms with Gasteiger partial charge in [-0.05, 0) is 30.2 Å². The molecule has 0 unspecified atom stereocenters. The first-order chi connectivity index (χ1) is 10.5. The van der Waals surface area contributed by atoms with Gasteiger partial charge in [-0.3, -0.25) is 4.79 Å². The number of para-hydroxylation sites is 2. The zero-order valence-corrected chi connectivity index (χ0v) is 12.3. The molecule has 1 amide bonds. The Hall–Kier alpha value is -2.76. The number of carbonyl (C=O) groups excluding carboxylic acids is 1. The van der Waals surface area contributed by atoms with E-state index >= 15 is 0 Å². The van der Waals surface area contributed by atoms with Crippen molar-refractivity contribution in [1.29, 1.82) is 0 Å². The second kappa shape index (κ2) is 6.80. The Bertz CT molecular complexity index is 675. The lowest BCUT2D eigenvalue weighted by Gasteiger charge is -2.13. The van der Waals surface area contributed by atoms with Gasteiger partial charge in [-0.1, -0.05) is 26.0 Å². The SMILES string of the molecule is CC(C)COc1ccccc1NC(=O)c1ccc(C(=O)O)o1. The van der Waals surface area contributed by atoms with Crippen LogP contribution in [0, 0.1) is 5.92 Å². The van der Waals surface area contributed by atoms with E-state index in [9.17, 15) is 9.59 Å². The highest BCUT2D eigenvalue weighted by Gasteiger charge is 2.16. The van der Waals surface area contributed by atoms with E-state index in [2.05, 4.69) is 5.32 Å². The minimum Gasteiger partial charge on any atom is -0.491 e. The monoisotopic (exact) mass is 303 g/mol. The summed E-state index contributed by atoms with van der Waals surface area (Å²) in [5, 5.41) is 11.4. The molecule has 1 heterocycles. The van der Waals surface area contributed by atoms with Gasteiger partial charge in [-0.15, -0.1) is 0 Å². The molecule has 2 aromatic rings. The standard InChI is InChI=1S/C16H17NO5/c1-10(2)9-21-12-6-4-3-5-11(12)17-15(18)13-7-8-14(22-13)16(19)20/h3-8,10H,9H2,1-2H3,(H,17,18)(H,19,20). The molecule has 6 nitrogen and oxygen atoms in total. The van der Waals surface area contributed by atoms with Crippen LogP contribution in [0.15, 0.2) is 40.8 Å². The fourth-order valence-corrected chi connectivity index (χ4v) is 1.71. The number of furan rings is 1. The third kappa shape index (κ3) is 3.88. The predicted octanol–water partition coefficient (Wildman–Crippen LogP) is 3.26. The van der Waals surface area contributed by atoms with Crippen LogP contribution in [0.3, 0.4) is 0 Å². The van der Waals surface area contributed by atoms with E-state index < -0.39 is 11.9 Å². The van der Waals surface area contributed by atoms with Crippen LogP contribution in [-0.4, -0.2) is 23.6 Å². The van der Waals surface area contributed by atoms with Crippen molar-refractivity contribution in [2.75, 3.05) is 11.9 Å². The second-order valence-corrected chi connectivity index (χ2v) is 5.12. The Balaban J connectivity index is 2.12. The maximum atomic E-state index is 12.1. The minimum absolute atomic E-state index is 0.0731. The first-order valence-corrected chi connectivity index (χ1v) is 6.83. The van der Waals surface area contributed by atoms with E-state index in [4.69, 9.17) is 14.3 Å². The van der Waals surface area contributed by atoms with Gasteiger partial charge in [0.15, 0.2) is 5.76 Å². The number of nitrogens with one attached hydrogen (secondary N) is 1. The average molecular weight is 303 g/mol. The number of ether oxygens (including phenoxy) is 1. The third-order valence-corrected chi connectivity index (χ3v) is 2.75. The second-order valence-electron chi connectivity index (χ2n) is 5.12. The first-order valence-electron chi connectivity index (χ1n) is 6.83. The molecule has 0 aliphatic rings. The number of anilines is 1. The van der Waals surface area contributed by atoms with E-state index in [1.807, 2.05) is 13.8 Å². The quantitative estimate of drug-likeness (QED) is 0.855. The Morgan fingerprint density at radius 2 is 1.86 bits per heavy atom. The smallest absolute Gasteiger partial charge is 0.371 e. The zero-order valence-electron chi connectivity index (χ0n) is 12.3. The van der Waals surface area contributed by atoms with E-state index in [-0.39, 0.29) is 11.5 Å². The van der Waals surface area contributed by atoms with Crippen LogP contribution in [-0.2, 0) is 0 Å². The van der Waals surface area contributed by atoms with E-state index in [0.717, 1.165) is 0 Å². The van der Waals surface area contributed by atoms with Gasteiger partial charge in [-0.2, -0.15) is 0 Å². The van der Waals surface area contributed by atoms with Crippen LogP contribution < -0.4 is 10.1 Å². The maximum absolute atomic E-state index is 12.1. The summed E-state index contributed by atoms with van der Waals surface area (Å²) >= 11 is 0. The molecule has 2 N–H and O–H groups in total. The number of hydrogen-bond donors (Lipinski definition) is 2. The van der Waals surface area contributed by atoms with Gasteiger partial charge in [0, 0.05) is 0 Å². The van der Waals surface area contributed by atoms with Crippen molar-refractivity contribution in [3.05, 3.63) is 47.9 Å². The minimum atomic E-state index is -1.22. The fraction of sp³-hybridized carbons (Fsp3) is 0.250. The molecular weight excluding hydrogens is 286 g/mol. The van der Waals surface area contributed by atoms with Crippen molar-refractivity contribution in [3.63, 3.8) is 0 Å². The molecule has 2 rings (SSSR count). The van der Waals surface area contributed by atoms with Gasteiger partial charge in [-0.25, -0.2) is 4.79 Å². The molecule has 0 atom stereocenters. The van der Waals surface area contributed by atoms with Crippen LogP contribution in [0.2, 0.25) is 0 Å². The lowest BCUT2D eigenvalue weighted by molar-refractivity contribution is 0.0660. The molecule has 0 bridgehead atoms. The Kier molecular flexibility index (Phi) is 4.83. The summed E-state index contributed by atoms with van der Waals surface area (Å²) in [6.45, 7) is 4.58. The number of carboxylic acids is 1. The van der Waals surface area contributed by atoms with E-state index in [1.54, 1.807) is 24.3 Å². The molecule has 1 aromatic heterocycles. The third-order valence-electron chi connectivity index (χ3n) is 2.75. The Morgan fingerprint density at radius 3 is 2.50 bits per heavy atom. The Morgan fingerprint density at radius 1 is 1.18 bits per heavy atom. The van der Waals surface area contributed by atoms with Crippen molar-refractivity contribution in [1.82, 2.24) is 0 Å². The van der Waals surface area contributed by atoms with Crippen molar-refractivity contribution < 1.29 is 23.8 Å². The van der Waals surface area contributed by atoms with Crippen LogP contribution in [0.1, 0.15) is 35.0 Å². The molecular formula is C16H17NO5. The van der Waals surface area contributed by atoms with Gasteiger partial charge in [0.05, 0.1) is 12.3 Å². The number of carbonyl (C=O) groups is 2. The van der Waals surface area contributed by atoms with Crippen molar-refractivity contribution in [3.8, 4) is 5.75 Å². The summed E-state index contributed by atoms with van der Waals surface area (Å²) < 4.78 is 10.6. The molecule has 0 fully saturated rings. The van der Waals surface area contributed by atoms with E-state index in [0.29, 0.717) is 24.0 Å². The van der Waals surface area contributed by atoms with Crippen LogP contribution in [0.5, 0.6) is 5.75 Å². The number of aromatic carboxylic acids is 1. The molecule has 0 radical (unpaired) electrons. The van der Waals surface area contributed by atoms with Gasteiger partial charge in [0.25, 0.3) is 5.91 Å². The number of rotatable bonds is 6. The number of amides is 1. The number of hydrogen-bond acceptors (Lipinski definition) is 4. The normalized spacial score (nSPS) is 10.5. The molecule has 116 valence electrons. The largest absolute Gasteiger partial charge is 0.491 e. The van der Waals surface area contributed by atoms with Crippen molar-refractivity contribution in [2.45, 2.75) is 13.8 Å². The van der Waals surface area contributed by atoms with Crippen LogP contribution in [0.4, 0.5) is 5.69 Å². The highest BCUT2D eigenvalue weighted by molar-refractivity contribution is 6.03. The highest BCUT2D eigenvalue weighted by atomic mass is 16.5. The number of carboxylic acid groups (broad SMARTS) is 1.